The van der Waals surface area contributed by atoms with Gasteiger partial charge in [0.25, 0.3) is 0 Å². The van der Waals surface area contributed by atoms with Crippen molar-refractivity contribution in [2.24, 2.45) is 0 Å². The van der Waals surface area contributed by atoms with Crippen molar-refractivity contribution >= 4 is 70.1 Å². The molecule has 58 heavy (non-hydrogen) atoms. The lowest BCUT2D eigenvalue weighted by molar-refractivity contribution is 1.08. The second-order valence-corrected chi connectivity index (χ2v) is 15.5. The van der Waals surface area contributed by atoms with Gasteiger partial charge in [-0.15, -0.1) is 11.3 Å². The molecule has 0 spiro atoms. The fourth-order valence-corrected chi connectivity index (χ4v) is 9.38. The number of hydrogen-bond acceptors (Lipinski definition) is 5. The third-order valence-corrected chi connectivity index (χ3v) is 12.1. The molecule has 0 aliphatic heterocycles. The van der Waals surface area contributed by atoms with Crippen LogP contribution >= 0.6 is 11.3 Å². The molecule has 11 aromatic rings. The molecule has 0 saturated carbocycles. The zero-order valence-corrected chi connectivity index (χ0v) is 32.1. The van der Waals surface area contributed by atoms with Gasteiger partial charge in [-0.3, -0.25) is 0 Å². The predicted molar refractivity (Wildman–Crippen MR) is 244 cm³/mol. The lowest BCUT2D eigenvalue weighted by Crippen LogP contribution is -2.09. The van der Waals surface area contributed by atoms with Crippen LogP contribution in [0.25, 0.3) is 87.0 Å². The highest BCUT2D eigenvalue weighted by Crippen LogP contribution is 2.46. The molecular formula is C53H34N4S. The summed E-state index contributed by atoms with van der Waals surface area (Å²) in [6, 6.07) is 72.8. The van der Waals surface area contributed by atoms with Gasteiger partial charge in [-0.25, -0.2) is 15.0 Å². The lowest BCUT2D eigenvalue weighted by Gasteiger charge is -2.25. The highest BCUT2D eigenvalue weighted by molar-refractivity contribution is 7.26. The van der Waals surface area contributed by atoms with Crippen molar-refractivity contribution in [1.82, 2.24) is 15.0 Å². The summed E-state index contributed by atoms with van der Waals surface area (Å²) in [7, 11) is 0. The molecule has 0 saturated heterocycles. The molecule has 11 rings (SSSR count). The quantitative estimate of drug-likeness (QED) is 0.162. The van der Waals surface area contributed by atoms with Crippen molar-refractivity contribution in [2.45, 2.75) is 0 Å². The maximum absolute atomic E-state index is 5.28. The van der Waals surface area contributed by atoms with Gasteiger partial charge in [0.2, 0.25) is 0 Å². The van der Waals surface area contributed by atoms with Crippen molar-refractivity contribution < 1.29 is 0 Å². The van der Waals surface area contributed by atoms with Crippen LogP contribution in [-0.4, -0.2) is 15.0 Å². The summed E-state index contributed by atoms with van der Waals surface area (Å²) in [5.41, 5.74) is 8.49. The van der Waals surface area contributed by atoms with Crippen molar-refractivity contribution in [3.8, 4) is 45.3 Å². The first-order chi connectivity index (χ1) is 28.7. The molecule has 4 nitrogen and oxygen atoms in total. The van der Waals surface area contributed by atoms with Crippen molar-refractivity contribution in [2.75, 3.05) is 4.90 Å². The summed E-state index contributed by atoms with van der Waals surface area (Å²) < 4.78 is 2.47. The van der Waals surface area contributed by atoms with Crippen LogP contribution in [0, 0.1) is 0 Å². The Kier molecular flexibility index (Phi) is 8.30. The zero-order chi connectivity index (χ0) is 38.4. The predicted octanol–water partition coefficient (Wildman–Crippen LogP) is 14.7. The normalized spacial score (nSPS) is 11.4. The molecule has 0 N–H and O–H groups in total. The Morgan fingerprint density at radius 3 is 1.66 bits per heavy atom. The van der Waals surface area contributed by atoms with E-state index in [1.54, 1.807) is 0 Å². The minimum absolute atomic E-state index is 0.645. The van der Waals surface area contributed by atoms with Crippen molar-refractivity contribution in [3.63, 3.8) is 0 Å². The van der Waals surface area contributed by atoms with Gasteiger partial charge in [-0.1, -0.05) is 152 Å². The molecule has 0 bridgehead atoms. The molecule has 0 unspecified atom stereocenters. The smallest absolute Gasteiger partial charge is 0.164 e. The Hall–Kier alpha value is -7.47. The van der Waals surface area contributed by atoms with Crippen LogP contribution in [0.2, 0.25) is 0 Å². The van der Waals surface area contributed by atoms with E-state index >= 15 is 0 Å². The Balaban J connectivity index is 1.13. The Labute approximate surface area is 340 Å². The number of para-hydroxylation sites is 2. The molecule has 0 aliphatic carbocycles. The zero-order valence-electron chi connectivity index (χ0n) is 31.3. The molecule has 9 aromatic carbocycles. The van der Waals surface area contributed by atoms with Crippen LogP contribution in [0.1, 0.15) is 0 Å². The van der Waals surface area contributed by atoms with Crippen LogP contribution in [0.4, 0.5) is 17.1 Å². The number of aromatic nitrogens is 3. The molecule has 2 aromatic heterocycles. The number of anilines is 3. The average molecular weight is 759 g/mol. The van der Waals surface area contributed by atoms with Crippen molar-refractivity contribution in [3.05, 3.63) is 206 Å². The van der Waals surface area contributed by atoms with Gasteiger partial charge >= 0.3 is 0 Å². The Bertz CT molecular complexity index is 3230. The molecule has 0 radical (unpaired) electrons. The molecule has 2 heterocycles. The second kappa shape index (κ2) is 14.2. The summed E-state index contributed by atoms with van der Waals surface area (Å²) in [6.45, 7) is 0. The third-order valence-electron chi connectivity index (χ3n) is 10.9. The van der Waals surface area contributed by atoms with E-state index in [4.69, 9.17) is 15.0 Å². The number of rotatable bonds is 7. The first-order valence-corrected chi connectivity index (χ1v) is 20.3. The summed E-state index contributed by atoms with van der Waals surface area (Å²) >= 11 is 1.83. The van der Waals surface area contributed by atoms with Gasteiger partial charge in [-0.2, -0.15) is 0 Å². The largest absolute Gasteiger partial charge is 0.311 e. The van der Waals surface area contributed by atoms with Crippen LogP contribution < -0.4 is 4.90 Å². The maximum atomic E-state index is 5.28. The van der Waals surface area contributed by atoms with Gasteiger partial charge < -0.3 is 4.90 Å². The van der Waals surface area contributed by atoms with E-state index in [2.05, 4.69) is 193 Å². The standard InChI is InChI=1S/C53H34N4S/c1-4-16-37(17-5-1)51-54-52(39-28-27-35-15-10-11-18-38(35)33-39)56-53(55-51)45-25-14-24-44-46(34-47-43-23-12-13-26-48(43)58-50(47)49(44)45)36-29-31-42(32-30-36)57(40-19-6-2-7-20-40)41-21-8-3-9-22-41/h1-34H. The summed E-state index contributed by atoms with van der Waals surface area (Å²) in [5, 5.41) is 7.09. The van der Waals surface area contributed by atoms with Gasteiger partial charge in [-0.05, 0) is 81.9 Å². The SMILES string of the molecule is c1ccc(-c2nc(-c3ccc4ccccc4c3)nc(-c3cccc4c(-c5ccc(N(c6ccccc6)c6ccccc6)cc5)cc5c6ccccc6sc5c34)n2)cc1. The maximum Gasteiger partial charge on any atom is 0.164 e. The van der Waals surface area contributed by atoms with E-state index in [0.717, 1.165) is 61.0 Å². The van der Waals surface area contributed by atoms with Crippen LogP contribution in [0.15, 0.2) is 206 Å². The van der Waals surface area contributed by atoms with Gasteiger partial charge in [0.05, 0.1) is 0 Å². The minimum atomic E-state index is 0.645. The molecule has 0 aliphatic rings. The van der Waals surface area contributed by atoms with E-state index in [9.17, 15) is 0 Å². The van der Waals surface area contributed by atoms with E-state index in [1.165, 1.54) is 25.6 Å². The molecule has 0 atom stereocenters. The first kappa shape index (κ1) is 33.8. The number of hydrogen-bond donors (Lipinski definition) is 0. The fraction of sp³-hybridized carbons (Fsp3) is 0. The number of fused-ring (bicyclic) bond motifs is 6. The van der Waals surface area contributed by atoms with Crippen molar-refractivity contribution in [1.29, 1.82) is 0 Å². The number of nitrogens with zero attached hydrogens (tertiary/aromatic N) is 4. The highest BCUT2D eigenvalue weighted by atomic mass is 32.1. The van der Waals surface area contributed by atoms with Gasteiger partial charge in [0, 0.05) is 59.3 Å². The Morgan fingerprint density at radius 1 is 0.345 bits per heavy atom. The Morgan fingerprint density at radius 2 is 0.914 bits per heavy atom. The monoisotopic (exact) mass is 758 g/mol. The average Bonchev–Trinajstić information content (AvgIpc) is 3.68. The highest BCUT2D eigenvalue weighted by Gasteiger charge is 2.21. The van der Waals surface area contributed by atoms with Crippen LogP contribution in [-0.2, 0) is 0 Å². The summed E-state index contributed by atoms with van der Waals surface area (Å²) in [4.78, 5) is 17.9. The van der Waals surface area contributed by atoms with Gasteiger partial charge in [0.1, 0.15) is 0 Å². The van der Waals surface area contributed by atoms with E-state index in [-0.39, 0.29) is 0 Å². The van der Waals surface area contributed by atoms with Gasteiger partial charge in [0.15, 0.2) is 17.5 Å². The third kappa shape index (κ3) is 5.97. The van der Waals surface area contributed by atoms with E-state index in [0.29, 0.717) is 17.5 Å². The molecule has 5 heteroatoms. The number of thiophene rings is 1. The lowest BCUT2D eigenvalue weighted by atomic mass is 9.92. The first-order valence-electron chi connectivity index (χ1n) is 19.4. The van der Waals surface area contributed by atoms with E-state index < -0.39 is 0 Å². The summed E-state index contributed by atoms with van der Waals surface area (Å²) in [5.74, 6) is 1.94. The topological polar surface area (TPSA) is 41.9 Å². The second-order valence-electron chi connectivity index (χ2n) is 14.4. The number of benzene rings is 9. The summed E-state index contributed by atoms with van der Waals surface area (Å²) in [6.07, 6.45) is 0. The molecular weight excluding hydrogens is 725 g/mol. The molecule has 272 valence electrons. The van der Waals surface area contributed by atoms with Crippen LogP contribution in [0.3, 0.4) is 0 Å². The molecule has 0 amide bonds. The minimum Gasteiger partial charge on any atom is -0.311 e. The molecule has 0 fully saturated rings. The fourth-order valence-electron chi connectivity index (χ4n) is 8.12. The van der Waals surface area contributed by atoms with E-state index in [1.807, 2.05) is 29.5 Å². The van der Waals surface area contributed by atoms with Crippen LogP contribution in [0.5, 0.6) is 0 Å².